The van der Waals surface area contributed by atoms with Gasteiger partial charge < -0.3 is 15.7 Å². The Morgan fingerprint density at radius 1 is 1.30 bits per heavy atom. The summed E-state index contributed by atoms with van der Waals surface area (Å²) in [5.41, 5.74) is -0.602. The molecule has 1 aromatic rings. The first-order chi connectivity index (χ1) is 10.7. The fourth-order valence-corrected chi connectivity index (χ4v) is 2.82. The van der Waals surface area contributed by atoms with Crippen LogP contribution in [-0.4, -0.2) is 46.1 Å². The summed E-state index contributed by atoms with van der Waals surface area (Å²) in [5, 5.41) is 21.3. The first-order valence-electron chi connectivity index (χ1n) is 8.44. The number of guanidine groups is 1. The fourth-order valence-electron chi connectivity index (χ4n) is 2.82. The van der Waals surface area contributed by atoms with E-state index in [-0.39, 0.29) is 24.0 Å². The van der Waals surface area contributed by atoms with E-state index in [1.165, 1.54) is 6.42 Å². The summed E-state index contributed by atoms with van der Waals surface area (Å²) >= 11 is 0. The van der Waals surface area contributed by atoms with Crippen molar-refractivity contribution < 1.29 is 5.11 Å². The van der Waals surface area contributed by atoms with Crippen molar-refractivity contribution in [1.29, 1.82) is 0 Å². The fraction of sp³-hybridized carbons (Fsp3) is 0.750. The van der Waals surface area contributed by atoms with Gasteiger partial charge in [-0.15, -0.1) is 24.0 Å². The van der Waals surface area contributed by atoms with Crippen LogP contribution in [0.1, 0.15) is 45.4 Å². The summed E-state index contributed by atoms with van der Waals surface area (Å²) in [6, 6.07) is 1.93. The van der Waals surface area contributed by atoms with Gasteiger partial charge in [0.1, 0.15) is 0 Å². The Bertz CT molecular complexity index is 443. The summed E-state index contributed by atoms with van der Waals surface area (Å²) in [4.78, 5) is 4.57. The van der Waals surface area contributed by atoms with E-state index < -0.39 is 5.60 Å². The topological polar surface area (TPSA) is 74.5 Å². The van der Waals surface area contributed by atoms with Gasteiger partial charge in [0.2, 0.25) is 0 Å². The zero-order chi connectivity index (χ0) is 15.7. The minimum absolute atomic E-state index is 0. The molecule has 0 unspecified atom stereocenters. The van der Waals surface area contributed by atoms with E-state index in [1.54, 1.807) is 6.20 Å². The van der Waals surface area contributed by atoms with E-state index >= 15 is 0 Å². The smallest absolute Gasteiger partial charge is 0.191 e. The Morgan fingerprint density at radius 2 is 2.09 bits per heavy atom. The second kappa shape index (κ2) is 10.9. The van der Waals surface area contributed by atoms with Gasteiger partial charge in [0.25, 0.3) is 0 Å². The molecule has 1 saturated carbocycles. The number of nitrogens with zero attached hydrogens (tertiary/aromatic N) is 3. The van der Waals surface area contributed by atoms with Crippen molar-refractivity contribution >= 4 is 29.9 Å². The third kappa shape index (κ3) is 7.52. The summed E-state index contributed by atoms with van der Waals surface area (Å²) in [6.45, 7) is 5.09. The van der Waals surface area contributed by atoms with Crippen molar-refractivity contribution in [2.75, 3.05) is 19.6 Å². The molecule has 0 bridgehead atoms. The van der Waals surface area contributed by atoms with Crippen LogP contribution in [-0.2, 0) is 6.54 Å². The molecule has 2 rings (SSSR count). The number of aryl methyl sites for hydroxylation is 1. The van der Waals surface area contributed by atoms with Gasteiger partial charge in [-0.1, -0.05) is 19.3 Å². The molecule has 0 aromatic carbocycles. The lowest BCUT2D eigenvalue weighted by atomic mass is 9.85. The van der Waals surface area contributed by atoms with Gasteiger partial charge in [0.15, 0.2) is 5.96 Å². The normalized spacial score (nSPS) is 17.4. The zero-order valence-electron chi connectivity index (χ0n) is 14.0. The molecular weight excluding hydrogens is 405 g/mol. The standard InChI is InChI=1S/C16H29N5O.HI/c1-2-17-15(18-10-6-12-21-13-7-11-20-21)19-14-16(22)8-4-3-5-9-16;/h7,11,13,22H,2-6,8-10,12,14H2,1H3,(H2,17,18,19);1H. The van der Waals surface area contributed by atoms with Crippen molar-refractivity contribution in [1.82, 2.24) is 20.4 Å². The second-order valence-corrected chi connectivity index (χ2v) is 6.03. The number of aromatic nitrogens is 2. The molecule has 6 nitrogen and oxygen atoms in total. The first kappa shape index (κ1) is 20.2. The molecule has 0 aliphatic heterocycles. The van der Waals surface area contributed by atoms with Crippen LogP contribution in [0, 0.1) is 0 Å². The molecule has 3 N–H and O–H groups in total. The van der Waals surface area contributed by atoms with Gasteiger partial charge in [0.05, 0.1) is 12.1 Å². The average Bonchev–Trinajstić information content (AvgIpc) is 3.03. The molecule has 1 heterocycles. The molecule has 0 amide bonds. The third-order valence-corrected chi connectivity index (χ3v) is 4.08. The predicted molar refractivity (Wildman–Crippen MR) is 104 cm³/mol. The number of halogens is 1. The van der Waals surface area contributed by atoms with Gasteiger partial charge >= 0.3 is 0 Å². The quantitative estimate of drug-likeness (QED) is 0.266. The maximum atomic E-state index is 10.5. The van der Waals surface area contributed by atoms with Gasteiger partial charge in [-0.2, -0.15) is 5.10 Å². The van der Waals surface area contributed by atoms with Crippen molar-refractivity contribution in [2.24, 2.45) is 4.99 Å². The molecular formula is C16H30IN5O. The molecule has 1 aliphatic rings. The molecule has 0 saturated heterocycles. The van der Waals surface area contributed by atoms with E-state index in [0.717, 1.165) is 57.7 Å². The van der Waals surface area contributed by atoms with Gasteiger partial charge in [-0.3, -0.25) is 9.67 Å². The van der Waals surface area contributed by atoms with E-state index in [0.29, 0.717) is 6.54 Å². The molecule has 1 fully saturated rings. The molecule has 0 radical (unpaired) electrons. The number of hydrogen-bond donors (Lipinski definition) is 3. The molecule has 0 atom stereocenters. The molecule has 1 aliphatic carbocycles. The third-order valence-electron chi connectivity index (χ3n) is 4.08. The Labute approximate surface area is 156 Å². The van der Waals surface area contributed by atoms with Crippen molar-refractivity contribution in [3.8, 4) is 0 Å². The van der Waals surface area contributed by atoms with Gasteiger partial charge in [-0.05, 0) is 32.3 Å². The molecule has 0 spiro atoms. The first-order valence-corrected chi connectivity index (χ1v) is 8.44. The maximum Gasteiger partial charge on any atom is 0.191 e. The Kier molecular flexibility index (Phi) is 9.54. The van der Waals surface area contributed by atoms with Crippen LogP contribution in [0.5, 0.6) is 0 Å². The van der Waals surface area contributed by atoms with Crippen LogP contribution in [0.4, 0.5) is 0 Å². The number of hydrogen-bond acceptors (Lipinski definition) is 3. The van der Waals surface area contributed by atoms with Crippen LogP contribution < -0.4 is 10.6 Å². The van der Waals surface area contributed by atoms with E-state index in [2.05, 4.69) is 27.6 Å². The molecule has 7 heteroatoms. The molecule has 23 heavy (non-hydrogen) atoms. The van der Waals surface area contributed by atoms with Crippen LogP contribution in [0.2, 0.25) is 0 Å². The Hall–Kier alpha value is -0.830. The minimum Gasteiger partial charge on any atom is -0.388 e. The zero-order valence-corrected chi connectivity index (χ0v) is 16.3. The van der Waals surface area contributed by atoms with E-state index in [9.17, 15) is 5.11 Å². The lowest BCUT2D eigenvalue weighted by molar-refractivity contribution is 0.0131. The predicted octanol–water partition coefficient (Wildman–Crippen LogP) is 2.14. The Balaban J connectivity index is 0.00000264. The van der Waals surface area contributed by atoms with Crippen molar-refractivity contribution in [3.05, 3.63) is 18.5 Å². The van der Waals surface area contributed by atoms with Crippen LogP contribution in [0.15, 0.2) is 23.5 Å². The maximum absolute atomic E-state index is 10.5. The highest BCUT2D eigenvalue weighted by Crippen LogP contribution is 2.28. The van der Waals surface area contributed by atoms with Gasteiger partial charge in [0, 0.05) is 32.0 Å². The summed E-state index contributed by atoms with van der Waals surface area (Å²) in [6.07, 6.45) is 9.94. The largest absolute Gasteiger partial charge is 0.388 e. The van der Waals surface area contributed by atoms with Crippen LogP contribution >= 0.6 is 24.0 Å². The lowest BCUT2D eigenvalue weighted by Crippen LogP contribution is -2.41. The Morgan fingerprint density at radius 3 is 2.74 bits per heavy atom. The highest BCUT2D eigenvalue weighted by Gasteiger charge is 2.28. The monoisotopic (exact) mass is 435 g/mol. The van der Waals surface area contributed by atoms with Crippen LogP contribution in [0.25, 0.3) is 0 Å². The van der Waals surface area contributed by atoms with E-state index in [1.807, 2.05) is 16.9 Å². The molecule has 132 valence electrons. The number of rotatable bonds is 7. The minimum atomic E-state index is -0.602. The summed E-state index contributed by atoms with van der Waals surface area (Å²) in [7, 11) is 0. The van der Waals surface area contributed by atoms with E-state index in [4.69, 9.17) is 0 Å². The van der Waals surface area contributed by atoms with Crippen molar-refractivity contribution in [3.63, 3.8) is 0 Å². The van der Waals surface area contributed by atoms with Gasteiger partial charge in [-0.25, -0.2) is 0 Å². The highest BCUT2D eigenvalue weighted by atomic mass is 127. The number of aliphatic imine (C=N–C) groups is 1. The lowest BCUT2D eigenvalue weighted by Gasteiger charge is -2.30. The molecule has 1 aromatic heterocycles. The SMILES string of the molecule is CCNC(=NCC1(O)CCCCC1)NCCCn1cccn1.I. The number of nitrogens with one attached hydrogen (secondary N) is 2. The summed E-state index contributed by atoms with van der Waals surface area (Å²) < 4.78 is 1.93. The highest BCUT2D eigenvalue weighted by molar-refractivity contribution is 14.0. The van der Waals surface area contributed by atoms with Crippen molar-refractivity contribution in [2.45, 2.75) is 57.6 Å². The average molecular weight is 435 g/mol. The van der Waals surface area contributed by atoms with Crippen LogP contribution in [0.3, 0.4) is 0 Å². The summed E-state index contributed by atoms with van der Waals surface area (Å²) in [5.74, 6) is 0.793. The second-order valence-electron chi connectivity index (χ2n) is 6.03. The number of aliphatic hydroxyl groups is 1.